The average molecular weight is 927 g/mol. The van der Waals surface area contributed by atoms with Gasteiger partial charge in [0.05, 0.1) is 55.0 Å². The lowest BCUT2D eigenvalue weighted by atomic mass is 9.88. The molecule has 0 saturated carbocycles. The summed E-state index contributed by atoms with van der Waals surface area (Å²) in [7, 11) is 0. The second-order valence-electron chi connectivity index (χ2n) is 18.1. The van der Waals surface area contributed by atoms with Crippen molar-refractivity contribution < 1.29 is 4.42 Å². The van der Waals surface area contributed by atoms with Gasteiger partial charge in [0.1, 0.15) is 11.7 Å². The van der Waals surface area contributed by atoms with Gasteiger partial charge in [-0.3, -0.25) is 0 Å². The van der Waals surface area contributed by atoms with Crippen molar-refractivity contribution in [3.63, 3.8) is 0 Å². The normalized spacial score (nSPS) is 12.0. The van der Waals surface area contributed by atoms with E-state index in [1.165, 1.54) is 31.1 Å². The summed E-state index contributed by atoms with van der Waals surface area (Å²) in [6, 6.07) is 68.7. The molecule has 0 amide bonds. The lowest BCUT2D eigenvalue weighted by Gasteiger charge is -2.26. The molecule has 5 heterocycles. The van der Waals surface area contributed by atoms with E-state index in [-0.39, 0.29) is 0 Å². The molecule has 0 aliphatic heterocycles. The minimum absolute atomic E-state index is 0.388. The molecule has 5 nitrogen and oxygen atoms in total. The van der Waals surface area contributed by atoms with Crippen molar-refractivity contribution in [3.8, 4) is 39.7 Å². The van der Waals surface area contributed by atoms with Crippen LogP contribution in [-0.4, -0.2) is 9.13 Å². The molecule has 10 aromatic carbocycles. The molecule has 0 spiro atoms. The quantitative estimate of drug-likeness (QED) is 0.165. The molecule has 70 heavy (non-hydrogen) atoms. The van der Waals surface area contributed by atoms with Gasteiger partial charge >= 0.3 is 0 Å². The second kappa shape index (κ2) is 14.5. The van der Waals surface area contributed by atoms with Crippen molar-refractivity contribution in [1.29, 1.82) is 5.26 Å². The molecule has 7 heteroatoms. The van der Waals surface area contributed by atoms with Crippen LogP contribution in [0.5, 0.6) is 0 Å². The first-order valence-electron chi connectivity index (χ1n) is 23.3. The Morgan fingerprint density at radius 1 is 0.471 bits per heavy atom. The highest BCUT2D eigenvalue weighted by atomic mass is 32.1. The van der Waals surface area contributed by atoms with E-state index in [0.717, 1.165) is 103 Å². The van der Waals surface area contributed by atoms with Crippen molar-refractivity contribution in [1.82, 2.24) is 9.13 Å². The third-order valence-corrected chi connectivity index (χ3v) is 17.0. The summed E-state index contributed by atoms with van der Waals surface area (Å²) in [4.78, 5) is 4.64. The smallest absolute Gasteiger partial charge is 0.220 e. The highest BCUT2D eigenvalue weighted by Gasteiger charge is 2.34. The molecule has 5 aromatic heterocycles. The number of para-hydroxylation sites is 2. The average Bonchev–Trinajstić information content (AvgIpc) is 4.23. The van der Waals surface area contributed by atoms with Crippen molar-refractivity contribution in [2.45, 2.75) is 6.92 Å². The van der Waals surface area contributed by atoms with Crippen LogP contribution in [0.25, 0.3) is 144 Å². The number of aromatic nitrogens is 2. The Morgan fingerprint density at radius 2 is 1.03 bits per heavy atom. The maximum Gasteiger partial charge on any atom is 0.220 e. The monoisotopic (exact) mass is 926 g/mol. The van der Waals surface area contributed by atoms with Gasteiger partial charge in [0, 0.05) is 74.4 Å². The van der Waals surface area contributed by atoms with E-state index in [4.69, 9.17) is 4.42 Å². The van der Waals surface area contributed by atoms with E-state index in [9.17, 15) is 11.8 Å². The van der Waals surface area contributed by atoms with Crippen molar-refractivity contribution in [2.24, 2.45) is 0 Å². The number of fused-ring (bicyclic) bond motifs is 18. The first kappa shape index (κ1) is 39.1. The number of thiophene rings is 2. The Labute approximate surface area is 407 Å². The number of hydrogen-bond acceptors (Lipinski definition) is 4. The van der Waals surface area contributed by atoms with Gasteiger partial charge in [-0.15, -0.1) is 22.7 Å². The highest BCUT2D eigenvalue weighted by Crippen LogP contribution is 2.55. The third-order valence-electron chi connectivity index (χ3n) is 14.5. The van der Waals surface area contributed by atoms with Gasteiger partial charge in [0.15, 0.2) is 5.58 Å². The molecule has 0 N–H and O–H groups in total. The minimum Gasteiger partial charge on any atom is -0.454 e. The van der Waals surface area contributed by atoms with E-state index in [0.29, 0.717) is 22.5 Å². The van der Waals surface area contributed by atoms with Crippen molar-refractivity contribution in [3.05, 3.63) is 211 Å². The maximum atomic E-state index is 12.1. The molecule has 0 bridgehead atoms. The van der Waals surface area contributed by atoms with Crippen LogP contribution in [0.2, 0.25) is 0 Å². The van der Waals surface area contributed by atoms with Crippen LogP contribution in [0.3, 0.4) is 0 Å². The predicted molar refractivity (Wildman–Crippen MR) is 295 cm³/mol. The van der Waals surface area contributed by atoms with Crippen LogP contribution >= 0.6 is 22.7 Å². The topological polar surface area (TPSA) is 51.1 Å². The largest absolute Gasteiger partial charge is 0.454 e. The van der Waals surface area contributed by atoms with Gasteiger partial charge < -0.3 is 13.6 Å². The minimum atomic E-state index is 0.388. The summed E-state index contributed by atoms with van der Waals surface area (Å²) in [6.45, 7) is 11.7. The van der Waals surface area contributed by atoms with Gasteiger partial charge in [-0.05, 0) is 47.9 Å². The Hall–Kier alpha value is -8.98. The van der Waals surface area contributed by atoms with Gasteiger partial charge in [-0.25, -0.2) is 4.85 Å². The summed E-state index contributed by atoms with van der Waals surface area (Å²) in [5.74, 6) is 0. The van der Waals surface area contributed by atoms with E-state index < -0.39 is 0 Å². The number of nitriles is 1. The van der Waals surface area contributed by atoms with Crippen molar-refractivity contribution in [2.75, 3.05) is 0 Å². The number of aryl methyl sites for hydroxylation is 1. The standard InChI is InChI=1S/C63H34N4OS2/c1-35-16-15-24-45-47-33-29-41-38-21-9-12-25-49(38)66(57(41)63(47)70-61(35)45)55-48(34-64)52(36-17-5-3-6-18-36)54(65-2)59(53(55)37-19-7-4-8-20-37)67-56-42(28-31-44-39-22-10-13-26-50(39)68-60(44)56)43-30-32-46-40-23-11-14-27-51(40)69-62(46)58(43)67/h3-33H,1H3. The van der Waals surface area contributed by atoms with Gasteiger partial charge in [0.2, 0.25) is 5.69 Å². The zero-order chi connectivity index (χ0) is 46.4. The molecule has 0 aliphatic carbocycles. The van der Waals surface area contributed by atoms with Crippen LogP contribution in [0.1, 0.15) is 11.1 Å². The summed E-state index contributed by atoms with van der Waals surface area (Å²) in [6.07, 6.45) is 0. The van der Waals surface area contributed by atoms with E-state index in [2.05, 4.69) is 166 Å². The van der Waals surface area contributed by atoms with E-state index >= 15 is 0 Å². The number of furan rings is 1. The van der Waals surface area contributed by atoms with Gasteiger partial charge in [0.25, 0.3) is 0 Å². The SMILES string of the molecule is [C-]#[N+]c1c(-c2ccccc2)c(C#N)c(-n2c3ccccc3c3ccc4c5cccc(C)c5sc4c32)c(-c2ccccc2)c1-n1c2c(ccc3c4ccccc4oc32)c2ccc3c4ccccc4sc3c21. The fourth-order valence-electron chi connectivity index (χ4n) is 11.6. The molecular weight excluding hydrogens is 893 g/mol. The number of nitrogens with zero attached hydrogens (tertiary/aromatic N) is 4. The zero-order valence-corrected chi connectivity index (χ0v) is 39.0. The highest BCUT2D eigenvalue weighted by molar-refractivity contribution is 7.27. The predicted octanol–water partition coefficient (Wildman–Crippen LogP) is 18.6. The molecule has 0 atom stereocenters. The first-order chi connectivity index (χ1) is 34.6. The Morgan fingerprint density at radius 3 is 1.79 bits per heavy atom. The Balaban J connectivity index is 1.27. The van der Waals surface area contributed by atoms with Crippen LogP contribution in [0, 0.1) is 24.8 Å². The van der Waals surface area contributed by atoms with Crippen LogP contribution < -0.4 is 0 Å². The fraction of sp³-hybridized carbons (Fsp3) is 0.0159. The summed E-state index contributed by atoms with van der Waals surface area (Å²) >= 11 is 3.58. The second-order valence-corrected chi connectivity index (χ2v) is 20.2. The Bertz CT molecular complexity index is 4730. The molecule has 15 aromatic rings. The van der Waals surface area contributed by atoms with E-state index in [1.54, 1.807) is 11.3 Å². The summed E-state index contributed by atoms with van der Waals surface area (Å²) in [5, 5.41) is 23.1. The molecule has 0 aliphatic rings. The van der Waals surface area contributed by atoms with Crippen LogP contribution in [0.4, 0.5) is 5.69 Å². The summed E-state index contributed by atoms with van der Waals surface area (Å²) < 4.78 is 16.5. The molecule has 15 rings (SSSR count). The fourth-order valence-corrected chi connectivity index (χ4v) is 14.1. The van der Waals surface area contributed by atoms with E-state index in [1.807, 2.05) is 59.9 Å². The first-order valence-corrected chi connectivity index (χ1v) is 24.9. The number of benzene rings is 10. The number of rotatable bonds is 4. The van der Waals surface area contributed by atoms with Crippen LogP contribution in [-0.2, 0) is 0 Å². The van der Waals surface area contributed by atoms with Gasteiger partial charge in [-0.2, -0.15) is 5.26 Å². The maximum absolute atomic E-state index is 12.1. The Kier molecular flexibility index (Phi) is 8.10. The molecular formula is C63H34N4OS2. The molecule has 0 unspecified atom stereocenters. The summed E-state index contributed by atoms with van der Waals surface area (Å²) in [5.41, 5.74) is 11.9. The lowest BCUT2D eigenvalue weighted by Crippen LogP contribution is -2.09. The molecule has 0 radical (unpaired) electrons. The van der Waals surface area contributed by atoms with Crippen LogP contribution in [0.15, 0.2) is 192 Å². The van der Waals surface area contributed by atoms with Crippen molar-refractivity contribution >= 4 is 134 Å². The van der Waals surface area contributed by atoms with Gasteiger partial charge in [-0.1, -0.05) is 164 Å². The molecule has 0 fully saturated rings. The molecule has 0 saturated heterocycles. The lowest BCUT2D eigenvalue weighted by molar-refractivity contribution is 0.671. The zero-order valence-electron chi connectivity index (χ0n) is 37.4. The third kappa shape index (κ3) is 5.12. The number of hydrogen-bond donors (Lipinski definition) is 0. The molecule has 324 valence electrons.